The minimum atomic E-state index is 0.278. The Labute approximate surface area is 159 Å². The molecule has 0 fully saturated rings. The Balaban J connectivity index is 2.25. The van der Waals surface area contributed by atoms with Gasteiger partial charge in [-0.05, 0) is 55.4 Å². The summed E-state index contributed by atoms with van der Waals surface area (Å²) in [6.45, 7) is 4.86. The maximum atomic E-state index is 6.31. The number of hydrogen-bond acceptors (Lipinski definition) is 4. The molecule has 0 amide bonds. The molecular weight excluding hydrogens is 358 g/mol. The first-order valence-electron chi connectivity index (χ1n) is 8.09. The summed E-state index contributed by atoms with van der Waals surface area (Å²) >= 11 is 11.4. The zero-order valence-electron chi connectivity index (χ0n) is 14.6. The second-order valence-electron chi connectivity index (χ2n) is 5.24. The average molecular weight is 380 g/mol. The Morgan fingerprint density at radius 1 is 1.12 bits per heavy atom. The first-order valence-corrected chi connectivity index (χ1v) is 8.88. The predicted octanol–water partition coefficient (Wildman–Crippen LogP) is 5.22. The van der Waals surface area contributed by atoms with Gasteiger partial charge in [0.1, 0.15) is 18.1 Å². The van der Waals surface area contributed by atoms with Gasteiger partial charge in [-0.1, -0.05) is 30.7 Å². The van der Waals surface area contributed by atoms with Gasteiger partial charge in [0.2, 0.25) is 0 Å². The van der Waals surface area contributed by atoms with E-state index in [-0.39, 0.29) is 11.8 Å². The van der Waals surface area contributed by atoms with Gasteiger partial charge in [-0.25, -0.2) is 0 Å². The molecule has 6 heteroatoms. The van der Waals surface area contributed by atoms with Gasteiger partial charge in [-0.15, -0.1) is 0 Å². The second kappa shape index (κ2) is 9.49. The molecule has 0 aliphatic heterocycles. The van der Waals surface area contributed by atoms with Crippen molar-refractivity contribution in [2.45, 2.75) is 26.9 Å². The fourth-order valence-corrected chi connectivity index (χ4v) is 2.68. The molecule has 0 saturated heterocycles. The van der Waals surface area contributed by atoms with Crippen LogP contribution in [0.4, 0.5) is 5.69 Å². The van der Waals surface area contributed by atoms with Crippen molar-refractivity contribution in [2.24, 2.45) is 0 Å². The highest BCUT2D eigenvalue weighted by Gasteiger charge is 2.13. The van der Waals surface area contributed by atoms with Gasteiger partial charge in [-0.3, -0.25) is 0 Å². The van der Waals surface area contributed by atoms with Crippen molar-refractivity contribution < 1.29 is 14.2 Å². The van der Waals surface area contributed by atoms with Crippen LogP contribution < -0.4 is 14.8 Å². The Morgan fingerprint density at radius 3 is 2.56 bits per heavy atom. The van der Waals surface area contributed by atoms with E-state index in [9.17, 15) is 0 Å². The maximum absolute atomic E-state index is 6.31. The van der Waals surface area contributed by atoms with Gasteiger partial charge in [0.05, 0.1) is 30.0 Å². The van der Waals surface area contributed by atoms with E-state index in [4.69, 9.17) is 38.0 Å². The van der Waals surface area contributed by atoms with Gasteiger partial charge >= 0.3 is 0 Å². The fourth-order valence-electron chi connectivity index (χ4n) is 2.31. The molecule has 0 radical (unpaired) electrons. The zero-order chi connectivity index (χ0) is 18.2. The third-order valence-electron chi connectivity index (χ3n) is 3.63. The van der Waals surface area contributed by atoms with Gasteiger partial charge < -0.3 is 19.5 Å². The number of aryl methyl sites for hydroxylation is 1. The Kier molecular flexibility index (Phi) is 7.34. The van der Waals surface area contributed by atoms with Crippen LogP contribution in [0.15, 0.2) is 36.4 Å². The number of anilines is 1. The zero-order valence-corrected chi connectivity index (χ0v) is 16.2. The highest BCUT2D eigenvalue weighted by Crippen LogP contribution is 2.31. The number of halogens is 1. The molecule has 2 rings (SSSR count). The number of ether oxygens (including phenoxy) is 3. The molecule has 0 bridgehead atoms. The Hall–Kier alpha value is -1.98. The molecule has 0 unspecified atom stereocenters. The van der Waals surface area contributed by atoms with Gasteiger partial charge in [0.25, 0.3) is 5.17 Å². The van der Waals surface area contributed by atoms with E-state index in [2.05, 4.69) is 12.2 Å². The Morgan fingerprint density at radius 2 is 1.92 bits per heavy atom. The van der Waals surface area contributed by atoms with Crippen LogP contribution in [0, 0.1) is 0 Å². The topological polar surface area (TPSA) is 39.7 Å². The summed E-state index contributed by atoms with van der Waals surface area (Å²) in [5, 5.41) is 3.92. The summed E-state index contributed by atoms with van der Waals surface area (Å²) < 4.78 is 16.7. The normalized spacial score (nSPS) is 10.2. The van der Waals surface area contributed by atoms with Crippen molar-refractivity contribution in [3.63, 3.8) is 0 Å². The molecule has 0 aliphatic carbocycles. The van der Waals surface area contributed by atoms with Crippen LogP contribution in [-0.4, -0.2) is 18.9 Å². The van der Waals surface area contributed by atoms with E-state index in [1.165, 1.54) is 12.7 Å². The van der Waals surface area contributed by atoms with Gasteiger partial charge in [0.15, 0.2) is 0 Å². The van der Waals surface area contributed by atoms with E-state index in [0.717, 1.165) is 23.4 Å². The lowest BCUT2D eigenvalue weighted by Gasteiger charge is -2.17. The third kappa shape index (κ3) is 5.25. The van der Waals surface area contributed by atoms with Crippen LogP contribution in [-0.2, 0) is 17.8 Å². The molecule has 2 aromatic carbocycles. The molecular formula is C19H22ClNO3S. The highest BCUT2D eigenvalue weighted by atomic mass is 35.5. The van der Waals surface area contributed by atoms with Crippen LogP contribution in [0.2, 0.25) is 5.02 Å². The van der Waals surface area contributed by atoms with E-state index >= 15 is 0 Å². The van der Waals surface area contributed by atoms with Gasteiger partial charge in [-0.2, -0.15) is 0 Å². The molecule has 25 heavy (non-hydrogen) atoms. The van der Waals surface area contributed by atoms with Crippen LogP contribution in [0.1, 0.15) is 25.0 Å². The molecule has 0 saturated carbocycles. The van der Waals surface area contributed by atoms with E-state index < -0.39 is 0 Å². The largest absolute Gasteiger partial charge is 0.493 e. The summed E-state index contributed by atoms with van der Waals surface area (Å²) in [6, 6.07) is 11.5. The summed E-state index contributed by atoms with van der Waals surface area (Å²) in [4.78, 5) is 0. The van der Waals surface area contributed by atoms with E-state index in [0.29, 0.717) is 17.4 Å². The standard InChI is InChI=1S/C19H22ClNO3S/c1-4-13-9-10-18(15(20)11-13)24-12-14-16(21-19(25)22-3)7-6-8-17(14)23-5-2/h6-11H,4-5,12H2,1-3H3,(H,21,25). The molecule has 2 aromatic rings. The molecule has 4 nitrogen and oxygen atoms in total. The molecule has 0 atom stereocenters. The lowest BCUT2D eigenvalue weighted by molar-refractivity contribution is 0.287. The molecule has 0 spiro atoms. The molecule has 0 aliphatic rings. The summed E-state index contributed by atoms with van der Waals surface area (Å²) in [7, 11) is 1.52. The SMILES string of the molecule is CCOc1cccc(NC(=S)OC)c1COc1ccc(CC)cc1Cl. The van der Waals surface area contributed by atoms with Crippen molar-refractivity contribution in [1.82, 2.24) is 0 Å². The first kappa shape index (κ1) is 19.3. The summed E-state index contributed by atoms with van der Waals surface area (Å²) in [5.41, 5.74) is 2.79. The van der Waals surface area contributed by atoms with Crippen LogP contribution in [0.25, 0.3) is 0 Å². The first-order chi connectivity index (χ1) is 12.1. The number of rotatable bonds is 7. The maximum Gasteiger partial charge on any atom is 0.260 e. The molecule has 1 N–H and O–H groups in total. The van der Waals surface area contributed by atoms with Crippen molar-refractivity contribution in [1.29, 1.82) is 0 Å². The summed E-state index contributed by atoms with van der Waals surface area (Å²) in [6.07, 6.45) is 0.926. The number of thiocarbonyl (C=S) groups is 1. The number of benzene rings is 2. The lowest BCUT2D eigenvalue weighted by atomic mass is 10.1. The van der Waals surface area contributed by atoms with Crippen LogP contribution >= 0.6 is 23.8 Å². The van der Waals surface area contributed by atoms with Crippen molar-refractivity contribution in [3.8, 4) is 11.5 Å². The van der Waals surface area contributed by atoms with Crippen molar-refractivity contribution in [2.75, 3.05) is 19.0 Å². The van der Waals surface area contributed by atoms with E-state index in [1.54, 1.807) is 0 Å². The number of nitrogens with one attached hydrogen (secondary N) is 1. The quantitative estimate of drug-likeness (QED) is 0.667. The predicted molar refractivity (Wildman–Crippen MR) is 106 cm³/mol. The second-order valence-corrected chi connectivity index (χ2v) is 6.02. The number of methoxy groups -OCH3 is 1. The van der Waals surface area contributed by atoms with E-state index in [1.807, 2.05) is 43.3 Å². The lowest BCUT2D eigenvalue weighted by Crippen LogP contribution is -2.14. The van der Waals surface area contributed by atoms with Gasteiger partial charge in [0, 0.05) is 0 Å². The minimum absolute atomic E-state index is 0.278. The monoisotopic (exact) mass is 379 g/mol. The highest BCUT2D eigenvalue weighted by molar-refractivity contribution is 7.80. The third-order valence-corrected chi connectivity index (χ3v) is 4.20. The van der Waals surface area contributed by atoms with Crippen molar-refractivity contribution >= 4 is 34.7 Å². The van der Waals surface area contributed by atoms with Crippen LogP contribution in [0.5, 0.6) is 11.5 Å². The minimum Gasteiger partial charge on any atom is -0.493 e. The smallest absolute Gasteiger partial charge is 0.260 e. The van der Waals surface area contributed by atoms with Crippen LogP contribution in [0.3, 0.4) is 0 Å². The average Bonchev–Trinajstić information content (AvgIpc) is 2.62. The summed E-state index contributed by atoms with van der Waals surface area (Å²) in [5.74, 6) is 1.36. The Bertz CT molecular complexity index is 737. The molecule has 0 heterocycles. The molecule has 134 valence electrons. The molecule has 0 aromatic heterocycles. The number of hydrogen-bond donors (Lipinski definition) is 1. The van der Waals surface area contributed by atoms with Crippen molar-refractivity contribution in [3.05, 3.63) is 52.5 Å². The fraction of sp³-hybridized carbons (Fsp3) is 0.316.